The van der Waals surface area contributed by atoms with Crippen LogP contribution in [0.25, 0.3) is 0 Å². The Labute approximate surface area is 78.2 Å². The van der Waals surface area contributed by atoms with E-state index < -0.39 is 5.67 Å². The summed E-state index contributed by atoms with van der Waals surface area (Å²) >= 11 is 0. The minimum Gasteiger partial charge on any atom is -0.501 e. The Morgan fingerprint density at radius 3 is 3.00 bits per heavy atom. The summed E-state index contributed by atoms with van der Waals surface area (Å²) in [6.07, 6.45) is 5.02. The maximum Gasteiger partial charge on any atom is 0.147 e. The highest BCUT2D eigenvalue weighted by atomic mass is 19.1. The van der Waals surface area contributed by atoms with Crippen LogP contribution in [0.15, 0.2) is 11.8 Å². The lowest BCUT2D eigenvalue weighted by atomic mass is 9.86. The van der Waals surface area contributed by atoms with Gasteiger partial charge >= 0.3 is 0 Å². The summed E-state index contributed by atoms with van der Waals surface area (Å²) in [5, 5.41) is 3.10. The molecule has 2 aliphatic rings. The minimum absolute atomic E-state index is 0.461. The van der Waals surface area contributed by atoms with Gasteiger partial charge in [-0.25, -0.2) is 4.39 Å². The largest absolute Gasteiger partial charge is 0.501 e. The van der Waals surface area contributed by atoms with Gasteiger partial charge in [-0.1, -0.05) is 0 Å². The highest BCUT2D eigenvalue weighted by Gasteiger charge is 2.36. The molecule has 1 fully saturated rings. The van der Waals surface area contributed by atoms with Crippen molar-refractivity contribution < 1.29 is 9.13 Å². The summed E-state index contributed by atoms with van der Waals surface area (Å²) in [5.41, 5.74) is -0.274. The molecule has 1 atom stereocenters. The summed E-state index contributed by atoms with van der Waals surface area (Å²) in [5.74, 6) is 0. The quantitative estimate of drug-likeness (QED) is 0.672. The molecule has 0 radical (unpaired) electrons. The summed E-state index contributed by atoms with van der Waals surface area (Å²) in [6, 6.07) is 0. The number of ether oxygens (including phenoxy) is 1. The second kappa shape index (κ2) is 3.66. The fraction of sp³-hybridized carbons (Fsp3) is 0.800. The first-order valence-corrected chi connectivity index (χ1v) is 5.02. The normalized spacial score (nSPS) is 35.0. The predicted molar refractivity (Wildman–Crippen MR) is 49.2 cm³/mol. The molecule has 74 valence electrons. The van der Waals surface area contributed by atoms with Crippen LogP contribution in [0.4, 0.5) is 4.39 Å². The molecular formula is C10H16FNO. The number of hydrogen-bond donors (Lipinski definition) is 1. The van der Waals surface area contributed by atoms with Crippen LogP contribution in [0, 0.1) is 0 Å². The molecule has 0 aromatic carbocycles. The van der Waals surface area contributed by atoms with Crippen molar-refractivity contribution in [1.82, 2.24) is 5.32 Å². The Hall–Kier alpha value is -0.570. The summed E-state index contributed by atoms with van der Waals surface area (Å²) in [7, 11) is 0. The number of alkyl halides is 1. The van der Waals surface area contributed by atoms with E-state index in [-0.39, 0.29) is 0 Å². The van der Waals surface area contributed by atoms with E-state index in [2.05, 4.69) is 5.32 Å². The molecule has 1 saturated heterocycles. The number of rotatable bonds is 1. The zero-order valence-corrected chi connectivity index (χ0v) is 7.81. The lowest BCUT2D eigenvalue weighted by Gasteiger charge is -2.33. The van der Waals surface area contributed by atoms with Gasteiger partial charge in [-0.15, -0.1) is 0 Å². The molecule has 0 saturated carbocycles. The average molecular weight is 185 g/mol. The molecular weight excluding hydrogens is 169 g/mol. The van der Waals surface area contributed by atoms with Crippen LogP contribution in [0.3, 0.4) is 0 Å². The molecule has 2 rings (SSSR count). The van der Waals surface area contributed by atoms with Crippen LogP contribution in [0.5, 0.6) is 0 Å². The number of hydrogen-bond acceptors (Lipinski definition) is 2. The first-order chi connectivity index (χ1) is 6.31. The van der Waals surface area contributed by atoms with Crippen LogP contribution >= 0.6 is 0 Å². The number of nitrogens with one attached hydrogen (secondary N) is 1. The SMILES string of the molecule is FC1(C2=COCCC2)CCCNC1. The molecule has 1 unspecified atom stereocenters. The predicted octanol–water partition coefficient (Wildman–Crippen LogP) is 1.77. The van der Waals surface area contributed by atoms with E-state index >= 15 is 0 Å². The van der Waals surface area contributed by atoms with Crippen molar-refractivity contribution >= 4 is 0 Å². The molecule has 0 amide bonds. The van der Waals surface area contributed by atoms with Gasteiger partial charge in [-0.05, 0) is 32.2 Å². The Kier molecular flexibility index (Phi) is 2.54. The van der Waals surface area contributed by atoms with Crippen molar-refractivity contribution in [3.63, 3.8) is 0 Å². The third kappa shape index (κ3) is 1.85. The highest BCUT2D eigenvalue weighted by molar-refractivity contribution is 5.18. The van der Waals surface area contributed by atoms with Gasteiger partial charge in [0, 0.05) is 12.1 Å². The molecule has 2 nitrogen and oxygen atoms in total. The van der Waals surface area contributed by atoms with Crippen LogP contribution < -0.4 is 5.32 Å². The zero-order valence-electron chi connectivity index (χ0n) is 7.81. The van der Waals surface area contributed by atoms with Crippen molar-refractivity contribution in [2.24, 2.45) is 0 Å². The van der Waals surface area contributed by atoms with Crippen molar-refractivity contribution in [2.75, 3.05) is 19.7 Å². The van der Waals surface area contributed by atoms with E-state index in [9.17, 15) is 4.39 Å². The van der Waals surface area contributed by atoms with Gasteiger partial charge in [0.15, 0.2) is 0 Å². The molecule has 2 heterocycles. The van der Waals surface area contributed by atoms with Crippen molar-refractivity contribution in [3.05, 3.63) is 11.8 Å². The van der Waals surface area contributed by atoms with Crippen molar-refractivity contribution in [3.8, 4) is 0 Å². The molecule has 0 aromatic rings. The molecule has 2 aliphatic heterocycles. The number of piperidine rings is 1. The van der Waals surface area contributed by atoms with E-state index in [1.54, 1.807) is 6.26 Å². The minimum atomic E-state index is -1.13. The van der Waals surface area contributed by atoms with Gasteiger partial charge in [-0.2, -0.15) is 0 Å². The molecule has 0 bridgehead atoms. The lowest BCUT2D eigenvalue weighted by molar-refractivity contribution is 0.133. The van der Waals surface area contributed by atoms with E-state index in [1.165, 1.54) is 0 Å². The third-order valence-corrected chi connectivity index (χ3v) is 2.84. The molecule has 1 N–H and O–H groups in total. The van der Waals surface area contributed by atoms with Crippen LogP contribution in [-0.4, -0.2) is 25.4 Å². The molecule has 0 aliphatic carbocycles. The van der Waals surface area contributed by atoms with Gasteiger partial charge in [-0.3, -0.25) is 0 Å². The summed E-state index contributed by atoms with van der Waals surface area (Å²) in [6.45, 7) is 2.15. The number of halogens is 1. The summed E-state index contributed by atoms with van der Waals surface area (Å²) in [4.78, 5) is 0. The van der Waals surface area contributed by atoms with Gasteiger partial charge in [0.2, 0.25) is 0 Å². The fourth-order valence-corrected chi connectivity index (χ4v) is 2.04. The second-order valence-corrected chi connectivity index (χ2v) is 3.86. The van der Waals surface area contributed by atoms with Crippen molar-refractivity contribution in [1.29, 1.82) is 0 Å². The van der Waals surface area contributed by atoms with Gasteiger partial charge in [0.1, 0.15) is 5.67 Å². The Balaban J connectivity index is 2.07. The maximum atomic E-state index is 14.2. The fourth-order valence-electron chi connectivity index (χ4n) is 2.04. The zero-order chi connectivity index (χ0) is 9.15. The summed E-state index contributed by atoms with van der Waals surface area (Å²) < 4.78 is 19.4. The second-order valence-electron chi connectivity index (χ2n) is 3.86. The topological polar surface area (TPSA) is 21.3 Å². The monoisotopic (exact) mass is 185 g/mol. The molecule has 13 heavy (non-hydrogen) atoms. The van der Waals surface area contributed by atoms with Gasteiger partial charge in [0.25, 0.3) is 0 Å². The molecule has 3 heteroatoms. The standard InChI is InChI=1S/C10H16FNO/c11-10(4-2-5-12-8-10)9-3-1-6-13-7-9/h7,12H,1-6,8H2. The van der Waals surface area contributed by atoms with Crippen molar-refractivity contribution in [2.45, 2.75) is 31.4 Å². The van der Waals surface area contributed by atoms with E-state index in [0.717, 1.165) is 38.0 Å². The maximum absolute atomic E-state index is 14.2. The van der Waals surface area contributed by atoms with Crippen LogP contribution in [0.2, 0.25) is 0 Å². The highest BCUT2D eigenvalue weighted by Crippen LogP contribution is 2.33. The van der Waals surface area contributed by atoms with E-state index in [1.807, 2.05) is 0 Å². The Morgan fingerprint density at radius 2 is 2.38 bits per heavy atom. The van der Waals surface area contributed by atoms with Gasteiger partial charge in [0.05, 0.1) is 12.9 Å². The van der Waals surface area contributed by atoms with E-state index in [4.69, 9.17) is 4.74 Å². The smallest absolute Gasteiger partial charge is 0.147 e. The Bertz CT molecular complexity index is 209. The average Bonchev–Trinajstić information content (AvgIpc) is 2.20. The third-order valence-electron chi connectivity index (χ3n) is 2.84. The first kappa shape index (κ1) is 9.00. The first-order valence-electron chi connectivity index (χ1n) is 5.02. The van der Waals surface area contributed by atoms with E-state index in [0.29, 0.717) is 13.0 Å². The van der Waals surface area contributed by atoms with Crippen LogP contribution in [0.1, 0.15) is 25.7 Å². The Morgan fingerprint density at radius 1 is 1.46 bits per heavy atom. The molecule has 0 aromatic heterocycles. The van der Waals surface area contributed by atoms with Gasteiger partial charge < -0.3 is 10.1 Å². The van der Waals surface area contributed by atoms with Crippen LogP contribution in [-0.2, 0) is 4.74 Å². The lowest BCUT2D eigenvalue weighted by Crippen LogP contribution is -2.44. The molecule has 0 spiro atoms.